The van der Waals surface area contributed by atoms with Crippen molar-refractivity contribution in [1.82, 2.24) is 9.97 Å². The minimum absolute atomic E-state index is 0.189. The summed E-state index contributed by atoms with van der Waals surface area (Å²) < 4.78 is 0. The number of thioether (sulfide) groups is 1. The standard InChI is InChI=1S/C15H15N3OS/c1-20-12-6-4-11(5-7-12)18-15(19)14-8-13(10-2-3-10)16-9-17-14/h4-10H,2-3H2,1H3,(H,18,19). The molecule has 1 aliphatic carbocycles. The molecule has 1 aromatic heterocycles. The summed E-state index contributed by atoms with van der Waals surface area (Å²) in [5.41, 5.74) is 2.18. The molecule has 0 spiro atoms. The topological polar surface area (TPSA) is 54.9 Å². The molecule has 1 aromatic carbocycles. The predicted molar refractivity (Wildman–Crippen MR) is 80.2 cm³/mol. The van der Waals surface area contributed by atoms with Crippen LogP contribution in [0.25, 0.3) is 0 Å². The van der Waals surface area contributed by atoms with Crippen LogP contribution in [0.3, 0.4) is 0 Å². The lowest BCUT2D eigenvalue weighted by Crippen LogP contribution is -2.14. The van der Waals surface area contributed by atoms with Gasteiger partial charge >= 0.3 is 0 Å². The molecule has 0 saturated heterocycles. The normalized spacial score (nSPS) is 14.1. The van der Waals surface area contributed by atoms with Crippen LogP contribution in [0.5, 0.6) is 0 Å². The number of carbonyl (C=O) groups excluding carboxylic acids is 1. The first-order valence-corrected chi connectivity index (χ1v) is 7.76. The highest BCUT2D eigenvalue weighted by Crippen LogP contribution is 2.38. The third-order valence-corrected chi connectivity index (χ3v) is 4.01. The minimum atomic E-state index is -0.189. The van der Waals surface area contributed by atoms with Gasteiger partial charge in [0.2, 0.25) is 0 Å². The monoisotopic (exact) mass is 285 g/mol. The first-order chi connectivity index (χ1) is 9.76. The molecule has 0 aliphatic heterocycles. The van der Waals surface area contributed by atoms with E-state index in [9.17, 15) is 4.79 Å². The summed E-state index contributed by atoms with van der Waals surface area (Å²) in [7, 11) is 0. The highest BCUT2D eigenvalue weighted by Gasteiger charge is 2.25. The number of amides is 1. The lowest BCUT2D eigenvalue weighted by molar-refractivity contribution is 0.102. The highest BCUT2D eigenvalue weighted by atomic mass is 32.2. The number of nitrogens with one attached hydrogen (secondary N) is 1. The number of rotatable bonds is 4. The van der Waals surface area contributed by atoms with Gasteiger partial charge < -0.3 is 5.32 Å². The van der Waals surface area contributed by atoms with E-state index in [1.54, 1.807) is 17.8 Å². The fraction of sp³-hybridized carbons (Fsp3) is 0.267. The van der Waals surface area contributed by atoms with Gasteiger partial charge in [0.05, 0.1) is 0 Å². The summed E-state index contributed by atoms with van der Waals surface area (Å²) in [5, 5.41) is 2.86. The van der Waals surface area contributed by atoms with Crippen molar-refractivity contribution in [3.8, 4) is 0 Å². The molecule has 1 saturated carbocycles. The molecule has 0 atom stereocenters. The number of anilines is 1. The number of nitrogens with zero attached hydrogens (tertiary/aromatic N) is 2. The Bertz CT molecular complexity index is 623. The maximum absolute atomic E-state index is 12.2. The van der Waals surface area contributed by atoms with Crippen LogP contribution < -0.4 is 5.32 Å². The average molecular weight is 285 g/mol. The van der Waals surface area contributed by atoms with Crippen LogP contribution in [-0.4, -0.2) is 22.1 Å². The summed E-state index contributed by atoms with van der Waals surface area (Å²) in [5.74, 6) is 0.330. The summed E-state index contributed by atoms with van der Waals surface area (Å²) in [6, 6.07) is 9.55. The molecule has 1 aliphatic rings. The Balaban J connectivity index is 1.73. The Hall–Kier alpha value is -1.88. The molecule has 0 bridgehead atoms. The summed E-state index contributed by atoms with van der Waals surface area (Å²) in [4.78, 5) is 21.6. The number of benzene rings is 1. The maximum atomic E-state index is 12.2. The van der Waals surface area contributed by atoms with E-state index in [4.69, 9.17) is 0 Å². The molecule has 1 N–H and O–H groups in total. The zero-order valence-electron chi connectivity index (χ0n) is 11.2. The number of hydrogen-bond donors (Lipinski definition) is 1. The summed E-state index contributed by atoms with van der Waals surface area (Å²) in [6.07, 6.45) is 5.82. The van der Waals surface area contributed by atoms with Gasteiger partial charge in [-0.25, -0.2) is 9.97 Å². The quantitative estimate of drug-likeness (QED) is 0.875. The van der Waals surface area contributed by atoms with Crippen LogP contribution in [0.4, 0.5) is 5.69 Å². The van der Waals surface area contributed by atoms with E-state index in [1.165, 1.54) is 11.2 Å². The second kappa shape index (κ2) is 5.63. The zero-order chi connectivity index (χ0) is 13.9. The Morgan fingerprint density at radius 1 is 1.25 bits per heavy atom. The highest BCUT2D eigenvalue weighted by molar-refractivity contribution is 7.98. The molecule has 4 nitrogen and oxygen atoms in total. The van der Waals surface area contributed by atoms with Crippen LogP contribution in [0.2, 0.25) is 0 Å². The predicted octanol–water partition coefficient (Wildman–Crippen LogP) is 3.33. The van der Waals surface area contributed by atoms with E-state index in [2.05, 4.69) is 15.3 Å². The average Bonchev–Trinajstić information content (AvgIpc) is 3.33. The first-order valence-electron chi connectivity index (χ1n) is 6.53. The second-order valence-electron chi connectivity index (χ2n) is 4.79. The zero-order valence-corrected chi connectivity index (χ0v) is 12.0. The van der Waals surface area contributed by atoms with Crippen molar-refractivity contribution in [3.05, 3.63) is 48.0 Å². The smallest absolute Gasteiger partial charge is 0.274 e. The van der Waals surface area contributed by atoms with E-state index >= 15 is 0 Å². The van der Waals surface area contributed by atoms with Gasteiger partial charge in [0.15, 0.2) is 0 Å². The van der Waals surface area contributed by atoms with Crippen molar-refractivity contribution < 1.29 is 4.79 Å². The maximum Gasteiger partial charge on any atom is 0.274 e. The Labute approximate surface area is 122 Å². The molecule has 102 valence electrons. The third kappa shape index (κ3) is 2.99. The van der Waals surface area contributed by atoms with E-state index in [0.29, 0.717) is 11.6 Å². The van der Waals surface area contributed by atoms with Crippen LogP contribution in [0.15, 0.2) is 41.6 Å². The molecule has 3 rings (SSSR count). The molecule has 1 fully saturated rings. The van der Waals surface area contributed by atoms with E-state index in [0.717, 1.165) is 24.2 Å². The molecule has 1 amide bonds. The number of aromatic nitrogens is 2. The molecule has 0 unspecified atom stereocenters. The molecular formula is C15H15N3OS. The summed E-state index contributed by atoms with van der Waals surface area (Å²) in [6.45, 7) is 0. The molecule has 0 radical (unpaired) electrons. The van der Waals surface area contributed by atoms with Crippen LogP contribution in [0, 0.1) is 0 Å². The third-order valence-electron chi connectivity index (χ3n) is 3.26. The Morgan fingerprint density at radius 3 is 2.65 bits per heavy atom. The summed E-state index contributed by atoms with van der Waals surface area (Å²) >= 11 is 1.67. The molecule has 20 heavy (non-hydrogen) atoms. The fourth-order valence-corrected chi connectivity index (χ4v) is 2.38. The molecule has 2 aromatic rings. The largest absolute Gasteiger partial charge is 0.321 e. The number of carbonyl (C=O) groups is 1. The van der Waals surface area contributed by atoms with Gasteiger partial charge in [0.25, 0.3) is 5.91 Å². The van der Waals surface area contributed by atoms with Crippen molar-refractivity contribution in [2.24, 2.45) is 0 Å². The van der Waals surface area contributed by atoms with Gasteiger partial charge in [-0.2, -0.15) is 0 Å². The van der Waals surface area contributed by atoms with E-state index < -0.39 is 0 Å². The van der Waals surface area contributed by atoms with Crippen LogP contribution in [0.1, 0.15) is 34.9 Å². The van der Waals surface area contributed by atoms with Gasteiger partial charge in [-0.05, 0) is 49.4 Å². The van der Waals surface area contributed by atoms with Crippen molar-refractivity contribution in [2.75, 3.05) is 11.6 Å². The van der Waals surface area contributed by atoms with Crippen molar-refractivity contribution in [1.29, 1.82) is 0 Å². The van der Waals surface area contributed by atoms with Gasteiger partial charge in [-0.1, -0.05) is 0 Å². The van der Waals surface area contributed by atoms with Crippen molar-refractivity contribution in [3.63, 3.8) is 0 Å². The molecule has 5 heteroatoms. The minimum Gasteiger partial charge on any atom is -0.321 e. The Morgan fingerprint density at radius 2 is 2.00 bits per heavy atom. The Kier molecular flexibility index (Phi) is 3.69. The van der Waals surface area contributed by atoms with Gasteiger partial charge in [0.1, 0.15) is 12.0 Å². The van der Waals surface area contributed by atoms with Crippen molar-refractivity contribution in [2.45, 2.75) is 23.7 Å². The van der Waals surface area contributed by atoms with E-state index in [1.807, 2.05) is 30.5 Å². The fourth-order valence-electron chi connectivity index (χ4n) is 1.97. The first kappa shape index (κ1) is 13.1. The van der Waals surface area contributed by atoms with Gasteiger partial charge in [-0.3, -0.25) is 4.79 Å². The molecule has 1 heterocycles. The van der Waals surface area contributed by atoms with Crippen LogP contribution in [-0.2, 0) is 0 Å². The van der Waals surface area contributed by atoms with Gasteiger partial charge in [-0.15, -0.1) is 11.8 Å². The number of hydrogen-bond acceptors (Lipinski definition) is 4. The second-order valence-corrected chi connectivity index (χ2v) is 5.66. The van der Waals surface area contributed by atoms with Gasteiger partial charge in [0, 0.05) is 22.2 Å². The lowest BCUT2D eigenvalue weighted by atomic mass is 10.2. The molecular weight excluding hydrogens is 270 g/mol. The van der Waals surface area contributed by atoms with Crippen molar-refractivity contribution >= 4 is 23.4 Å². The lowest BCUT2D eigenvalue weighted by Gasteiger charge is -2.06. The van der Waals surface area contributed by atoms with E-state index in [-0.39, 0.29) is 5.91 Å². The SMILES string of the molecule is CSc1ccc(NC(=O)c2cc(C3CC3)ncn2)cc1. The van der Waals surface area contributed by atoms with Crippen LogP contribution >= 0.6 is 11.8 Å².